The number of rotatable bonds is 10. The number of ether oxygens (including phenoxy) is 1. The molecule has 9 heteroatoms. The molecule has 2 rings (SSSR count). The van der Waals surface area contributed by atoms with Gasteiger partial charge in [0.05, 0.1) is 18.5 Å². The van der Waals surface area contributed by atoms with Crippen LogP contribution in [0.5, 0.6) is 0 Å². The normalized spacial score (nSPS) is 17.3. The Labute approximate surface area is 217 Å². The standard InChI is InChI=1S/C23H34N6O3.2C2H6/c1-8-10-19(23(24-4)32-7)26-20(22-25-13-16(3)27(22)5)14-29(15-30)18-11-17(12-18)28(6)21(31)9-2;2*1-2/h9-10,13-15,17-18,26H,2,8,11-12H2,1,3-7H3;2*1-2H3/b19-10+,20-14+,24-23?;;. The van der Waals surface area contributed by atoms with Gasteiger partial charge in [0.25, 0.3) is 0 Å². The molecule has 202 valence electrons. The number of allylic oxidation sites excluding steroid dienone is 1. The highest BCUT2D eigenvalue weighted by atomic mass is 16.5. The highest BCUT2D eigenvalue weighted by Gasteiger charge is 2.36. The number of hydrogen-bond donors (Lipinski definition) is 1. The second kappa shape index (κ2) is 17.1. The van der Waals surface area contributed by atoms with Crippen LogP contribution in [-0.2, 0) is 21.4 Å². The van der Waals surface area contributed by atoms with Crippen molar-refractivity contribution in [1.82, 2.24) is 24.7 Å². The minimum Gasteiger partial charge on any atom is -0.480 e. The number of methoxy groups -OCH3 is 1. The van der Waals surface area contributed by atoms with Gasteiger partial charge in [0, 0.05) is 51.3 Å². The van der Waals surface area contributed by atoms with Gasteiger partial charge in [-0.3, -0.25) is 14.6 Å². The van der Waals surface area contributed by atoms with Crippen LogP contribution in [-0.4, -0.2) is 70.9 Å². The van der Waals surface area contributed by atoms with Gasteiger partial charge in [0.2, 0.25) is 18.2 Å². The number of hydrogen-bond acceptors (Lipinski definition) is 6. The van der Waals surface area contributed by atoms with Crippen molar-refractivity contribution in [1.29, 1.82) is 0 Å². The fraction of sp³-hybridized carbons (Fsp3) is 0.556. The molecule has 1 N–H and O–H groups in total. The quantitative estimate of drug-likeness (QED) is 0.223. The summed E-state index contributed by atoms with van der Waals surface area (Å²) in [5.74, 6) is 1.01. The number of carbonyl (C=O) groups is 2. The van der Waals surface area contributed by atoms with Gasteiger partial charge in [-0.1, -0.05) is 47.3 Å². The van der Waals surface area contributed by atoms with E-state index in [1.807, 2.05) is 59.2 Å². The summed E-state index contributed by atoms with van der Waals surface area (Å²) in [7, 11) is 6.90. The molecule has 0 aromatic carbocycles. The number of nitrogens with one attached hydrogen (secondary N) is 1. The smallest absolute Gasteiger partial charge is 0.245 e. The molecular formula is C27H46N6O3. The topological polar surface area (TPSA) is 92.1 Å². The first kappa shape index (κ1) is 32.6. The molecule has 1 aromatic heterocycles. The number of aryl methyl sites for hydroxylation is 1. The van der Waals surface area contributed by atoms with Crippen molar-refractivity contribution in [3.63, 3.8) is 0 Å². The van der Waals surface area contributed by atoms with E-state index in [2.05, 4.69) is 21.9 Å². The monoisotopic (exact) mass is 502 g/mol. The summed E-state index contributed by atoms with van der Waals surface area (Å²) < 4.78 is 7.35. The average molecular weight is 503 g/mol. The molecule has 0 radical (unpaired) electrons. The summed E-state index contributed by atoms with van der Waals surface area (Å²) in [6.07, 6.45) is 9.77. The number of nitrogens with zero attached hydrogens (tertiary/aromatic N) is 5. The minimum atomic E-state index is -0.118. The molecule has 9 nitrogen and oxygen atoms in total. The Hall–Kier alpha value is -3.36. The molecule has 36 heavy (non-hydrogen) atoms. The molecule has 0 spiro atoms. The second-order valence-electron chi connectivity index (χ2n) is 7.69. The van der Waals surface area contributed by atoms with Crippen LogP contribution in [0, 0.1) is 6.92 Å². The molecule has 0 atom stereocenters. The van der Waals surface area contributed by atoms with Gasteiger partial charge in [-0.15, -0.1) is 0 Å². The van der Waals surface area contributed by atoms with Crippen LogP contribution in [0.15, 0.2) is 41.8 Å². The Morgan fingerprint density at radius 2 is 1.92 bits per heavy atom. The molecule has 2 amide bonds. The molecule has 1 heterocycles. The Bertz CT molecular complexity index is 926. The van der Waals surface area contributed by atoms with Crippen molar-refractivity contribution in [2.75, 3.05) is 21.2 Å². The third-order valence-corrected chi connectivity index (χ3v) is 5.75. The predicted octanol–water partition coefficient (Wildman–Crippen LogP) is 4.27. The fourth-order valence-electron chi connectivity index (χ4n) is 3.57. The zero-order chi connectivity index (χ0) is 27.8. The highest BCUT2D eigenvalue weighted by Crippen LogP contribution is 2.30. The van der Waals surface area contributed by atoms with Gasteiger partial charge in [-0.2, -0.15) is 0 Å². The van der Waals surface area contributed by atoms with E-state index in [1.165, 1.54) is 6.08 Å². The van der Waals surface area contributed by atoms with Gasteiger partial charge in [-0.05, 0) is 32.3 Å². The third kappa shape index (κ3) is 8.39. The Morgan fingerprint density at radius 1 is 1.31 bits per heavy atom. The zero-order valence-electron chi connectivity index (χ0n) is 23.8. The van der Waals surface area contributed by atoms with Crippen molar-refractivity contribution in [3.8, 4) is 0 Å². The molecule has 1 aliphatic rings. The van der Waals surface area contributed by atoms with E-state index in [-0.39, 0.29) is 18.0 Å². The molecule has 1 saturated carbocycles. The Morgan fingerprint density at radius 3 is 2.33 bits per heavy atom. The minimum absolute atomic E-state index is 0.0175. The summed E-state index contributed by atoms with van der Waals surface area (Å²) in [6.45, 7) is 15.5. The summed E-state index contributed by atoms with van der Waals surface area (Å²) >= 11 is 0. The fourth-order valence-corrected chi connectivity index (χ4v) is 3.57. The van der Waals surface area contributed by atoms with Crippen LogP contribution in [0.2, 0.25) is 0 Å². The highest BCUT2D eigenvalue weighted by molar-refractivity contribution is 5.94. The summed E-state index contributed by atoms with van der Waals surface area (Å²) in [4.78, 5) is 35.9. The summed E-state index contributed by atoms with van der Waals surface area (Å²) in [6, 6.07) is 0.0621. The lowest BCUT2D eigenvalue weighted by Crippen LogP contribution is -2.52. The van der Waals surface area contributed by atoms with Crippen molar-refractivity contribution in [2.45, 2.75) is 72.9 Å². The first-order chi connectivity index (χ1) is 17.3. The van der Waals surface area contributed by atoms with Gasteiger partial charge in [0.15, 0.2) is 5.82 Å². The summed E-state index contributed by atoms with van der Waals surface area (Å²) in [5.41, 5.74) is 2.32. The van der Waals surface area contributed by atoms with E-state index in [9.17, 15) is 9.59 Å². The lowest BCUT2D eigenvalue weighted by molar-refractivity contribution is -0.130. The van der Waals surface area contributed by atoms with Crippen molar-refractivity contribution in [2.24, 2.45) is 12.0 Å². The Balaban J connectivity index is 0.00000291. The van der Waals surface area contributed by atoms with E-state index in [0.717, 1.165) is 18.5 Å². The molecule has 1 aromatic rings. The van der Waals surface area contributed by atoms with Gasteiger partial charge < -0.3 is 24.4 Å². The number of likely N-dealkylation sites (N-methyl/N-ethyl adjacent to an activating group) is 1. The molecular weight excluding hydrogens is 456 g/mol. The van der Waals surface area contributed by atoms with Crippen LogP contribution in [0.3, 0.4) is 0 Å². The van der Waals surface area contributed by atoms with Crippen molar-refractivity contribution >= 4 is 23.9 Å². The van der Waals surface area contributed by atoms with E-state index < -0.39 is 0 Å². The maximum Gasteiger partial charge on any atom is 0.245 e. The molecule has 0 saturated heterocycles. The maximum atomic E-state index is 12.0. The van der Waals surface area contributed by atoms with E-state index >= 15 is 0 Å². The van der Waals surface area contributed by atoms with Gasteiger partial charge >= 0.3 is 0 Å². The maximum absolute atomic E-state index is 12.0. The average Bonchev–Trinajstić information content (AvgIpc) is 3.22. The zero-order valence-corrected chi connectivity index (χ0v) is 23.8. The number of aliphatic imine (C=N–C) groups is 1. The third-order valence-electron chi connectivity index (χ3n) is 5.75. The molecule has 0 unspecified atom stereocenters. The van der Waals surface area contributed by atoms with Crippen LogP contribution in [0.4, 0.5) is 0 Å². The van der Waals surface area contributed by atoms with Crippen molar-refractivity contribution in [3.05, 3.63) is 48.3 Å². The first-order valence-corrected chi connectivity index (χ1v) is 12.6. The van der Waals surface area contributed by atoms with Crippen LogP contribution < -0.4 is 5.32 Å². The molecule has 0 aliphatic heterocycles. The van der Waals surface area contributed by atoms with Crippen LogP contribution >= 0.6 is 0 Å². The van der Waals surface area contributed by atoms with Crippen molar-refractivity contribution < 1.29 is 14.3 Å². The number of aromatic nitrogens is 2. The first-order valence-electron chi connectivity index (χ1n) is 12.6. The van der Waals surface area contributed by atoms with E-state index in [0.29, 0.717) is 36.0 Å². The van der Waals surface area contributed by atoms with Crippen LogP contribution in [0.25, 0.3) is 5.70 Å². The Kier molecular flexibility index (Phi) is 15.5. The van der Waals surface area contributed by atoms with E-state index in [4.69, 9.17) is 4.74 Å². The largest absolute Gasteiger partial charge is 0.480 e. The SMILES string of the molecule is C=CC(=O)N(C)C1CC(N(C=O)/C=C(/N/C(=C/CC)C(=NC)OC)c2ncc(C)n2C)C1.CC.CC. The number of imidazole rings is 1. The summed E-state index contributed by atoms with van der Waals surface area (Å²) in [5, 5.41) is 3.36. The number of carbonyl (C=O) groups excluding carboxylic acids is 2. The number of amides is 2. The molecule has 1 aliphatic carbocycles. The van der Waals surface area contributed by atoms with Gasteiger partial charge in [0.1, 0.15) is 0 Å². The van der Waals surface area contributed by atoms with Crippen LogP contribution in [0.1, 0.15) is 65.4 Å². The lowest BCUT2D eigenvalue weighted by atomic mass is 9.84. The van der Waals surface area contributed by atoms with Gasteiger partial charge in [-0.25, -0.2) is 4.98 Å². The second-order valence-corrected chi connectivity index (χ2v) is 7.69. The molecule has 0 bridgehead atoms. The van der Waals surface area contributed by atoms with E-state index in [1.54, 1.807) is 43.4 Å². The lowest BCUT2D eigenvalue weighted by Gasteiger charge is -2.44. The molecule has 1 fully saturated rings. The predicted molar refractivity (Wildman–Crippen MR) is 148 cm³/mol.